The van der Waals surface area contributed by atoms with Crippen molar-refractivity contribution in [1.29, 1.82) is 0 Å². The zero-order valence-electron chi connectivity index (χ0n) is 38.3. The maximum absolute atomic E-state index is 2.41. The minimum absolute atomic E-state index is 1.09. The predicted octanol–water partition coefficient (Wildman–Crippen LogP) is 19.8. The summed E-state index contributed by atoms with van der Waals surface area (Å²) in [6.07, 6.45) is 0. The van der Waals surface area contributed by atoms with Gasteiger partial charge in [0.15, 0.2) is 0 Å². The summed E-state index contributed by atoms with van der Waals surface area (Å²) in [6, 6.07) is 99.8. The van der Waals surface area contributed by atoms with Crippen molar-refractivity contribution < 1.29 is 0 Å². The molecule has 13 aromatic rings. The summed E-state index contributed by atoms with van der Waals surface area (Å²) in [6.45, 7) is 0. The fraction of sp³-hybridized carbons (Fsp3) is 0. The highest BCUT2D eigenvalue weighted by Crippen LogP contribution is 2.47. The molecule has 328 valence electrons. The van der Waals surface area contributed by atoms with Crippen molar-refractivity contribution in [2.24, 2.45) is 0 Å². The zero-order chi connectivity index (χ0) is 46.4. The Morgan fingerprint density at radius 2 is 0.657 bits per heavy atom. The van der Waals surface area contributed by atoms with E-state index in [0.717, 1.165) is 17.1 Å². The van der Waals surface area contributed by atoms with Crippen molar-refractivity contribution in [2.45, 2.75) is 0 Å². The lowest BCUT2D eigenvalue weighted by molar-refractivity contribution is 1.28. The van der Waals surface area contributed by atoms with E-state index in [0.29, 0.717) is 0 Å². The van der Waals surface area contributed by atoms with E-state index in [1.165, 1.54) is 108 Å². The van der Waals surface area contributed by atoms with Crippen LogP contribution >= 0.6 is 11.3 Å². The second-order valence-electron chi connectivity index (χ2n) is 18.0. The van der Waals surface area contributed by atoms with Gasteiger partial charge in [-0.05, 0) is 137 Å². The smallest absolute Gasteiger partial charge is 0.0467 e. The molecule has 0 unspecified atom stereocenters. The summed E-state index contributed by atoms with van der Waals surface area (Å²) in [4.78, 5) is 2.40. The normalized spacial score (nSPS) is 11.4. The fourth-order valence-electron chi connectivity index (χ4n) is 10.5. The summed E-state index contributed by atoms with van der Waals surface area (Å²) in [5.74, 6) is 0. The van der Waals surface area contributed by atoms with Gasteiger partial charge >= 0.3 is 0 Å². The Bertz CT molecular complexity index is 4010. The SMILES string of the molecule is c1ccc(-c2ccc(-c3ccc(N(c4ccc(-c5ccc6c(c5)c(-c5ccccc5)c(-c5ccccc5)c5ccccc56)cc4)c4cccc(-c5cccc6c5sc5ccccc56)c4)cc3)cc2)cc1. The first-order valence-electron chi connectivity index (χ1n) is 24.0. The molecular weight excluding hydrogens is 863 g/mol. The number of hydrogen-bond acceptors (Lipinski definition) is 2. The van der Waals surface area contributed by atoms with Crippen LogP contribution in [0.2, 0.25) is 0 Å². The molecule has 0 radical (unpaired) electrons. The van der Waals surface area contributed by atoms with Crippen LogP contribution in [0, 0.1) is 0 Å². The van der Waals surface area contributed by atoms with Gasteiger partial charge in [0.1, 0.15) is 0 Å². The van der Waals surface area contributed by atoms with E-state index in [1.807, 2.05) is 11.3 Å². The van der Waals surface area contributed by atoms with Gasteiger partial charge < -0.3 is 4.90 Å². The van der Waals surface area contributed by atoms with E-state index in [2.05, 4.69) is 278 Å². The molecule has 0 spiro atoms. The summed E-state index contributed by atoms with van der Waals surface area (Å²) < 4.78 is 2.62. The van der Waals surface area contributed by atoms with Crippen LogP contribution in [0.15, 0.2) is 273 Å². The van der Waals surface area contributed by atoms with E-state index in [1.54, 1.807) is 0 Å². The summed E-state index contributed by atoms with van der Waals surface area (Å²) in [5.41, 5.74) is 17.8. The molecule has 12 aromatic carbocycles. The van der Waals surface area contributed by atoms with Gasteiger partial charge in [-0.25, -0.2) is 0 Å². The van der Waals surface area contributed by atoms with Gasteiger partial charge in [0.05, 0.1) is 0 Å². The predicted molar refractivity (Wildman–Crippen MR) is 302 cm³/mol. The van der Waals surface area contributed by atoms with Crippen molar-refractivity contribution in [3.63, 3.8) is 0 Å². The summed E-state index contributed by atoms with van der Waals surface area (Å²) in [5, 5.41) is 7.63. The molecule has 1 heterocycles. The molecular formula is C68H45NS. The van der Waals surface area contributed by atoms with Crippen molar-refractivity contribution in [2.75, 3.05) is 4.90 Å². The Morgan fingerprint density at radius 1 is 0.229 bits per heavy atom. The number of hydrogen-bond donors (Lipinski definition) is 0. The molecule has 13 rings (SSSR count). The van der Waals surface area contributed by atoms with Crippen LogP contribution in [0.5, 0.6) is 0 Å². The third kappa shape index (κ3) is 7.43. The van der Waals surface area contributed by atoms with Crippen molar-refractivity contribution >= 4 is 70.1 Å². The van der Waals surface area contributed by atoms with Gasteiger partial charge in [-0.2, -0.15) is 0 Å². The summed E-state index contributed by atoms with van der Waals surface area (Å²) >= 11 is 1.87. The topological polar surface area (TPSA) is 3.24 Å². The fourth-order valence-corrected chi connectivity index (χ4v) is 11.7. The minimum Gasteiger partial charge on any atom is -0.310 e. The first-order valence-corrected chi connectivity index (χ1v) is 24.8. The number of fused-ring (bicyclic) bond motifs is 6. The molecule has 70 heavy (non-hydrogen) atoms. The van der Waals surface area contributed by atoms with E-state index in [-0.39, 0.29) is 0 Å². The number of rotatable bonds is 9. The molecule has 0 fully saturated rings. The monoisotopic (exact) mass is 907 g/mol. The second-order valence-corrected chi connectivity index (χ2v) is 19.0. The van der Waals surface area contributed by atoms with E-state index in [9.17, 15) is 0 Å². The first-order chi connectivity index (χ1) is 34.7. The van der Waals surface area contributed by atoms with Crippen LogP contribution in [-0.2, 0) is 0 Å². The number of thiophene rings is 1. The Kier molecular flexibility index (Phi) is 10.5. The van der Waals surface area contributed by atoms with Gasteiger partial charge in [-0.3, -0.25) is 0 Å². The lowest BCUT2D eigenvalue weighted by Crippen LogP contribution is -2.10. The van der Waals surface area contributed by atoms with Crippen LogP contribution in [0.25, 0.3) is 108 Å². The second kappa shape index (κ2) is 17.7. The van der Waals surface area contributed by atoms with Crippen molar-refractivity contribution in [3.8, 4) is 66.8 Å². The first kappa shape index (κ1) is 41.4. The largest absolute Gasteiger partial charge is 0.310 e. The summed E-state index contributed by atoms with van der Waals surface area (Å²) in [7, 11) is 0. The number of nitrogens with zero attached hydrogens (tertiary/aromatic N) is 1. The Hall–Kier alpha value is -8.82. The van der Waals surface area contributed by atoms with Crippen LogP contribution in [-0.4, -0.2) is 0 Å². The van der Waals surface area contributed by atoms with Crippen LogP contribution in [0.1, 0.15) is 0 Å². The Morgan fingerprint density at radius 3 is 1.29 bits per heavy atom. The van der Waals surface area contributed by atoms with Gasteiger partial charge in [0.2, 0.25) is 0 Å². The molecule has 0 bridgehead atoms. The van der Waals surface area contributed by atoms with Crippen LogP contribution in [0.3, 0.4) is 0 Å². The molecule has 0 N–H and O–H groups in total. The highest BCUT2D eigenvalue weighted by atomic mass is 32.1. The lowest BCUT2D eigenvalue weighted by Gasteiger charge is -2.26. The number of anilines is 3. The average Bonchev–Trinajstić information content (AvgIpc) is 3.83. The molecule has 0 saturated heterocycles. The highest BCUT2D eigenvalue weighted by Gasteiger charge is 2.20. The molecule has 0 saturated carbocycles. The van der Waals surface area contributed by atoms with Gasteiger partial charge in [0, 0.05) is 37.2 Å². The Labute approximate surface area is 412 Å². The molecule has 2 heteroatoms. The molecule has 0 aliphatic rings. The standard InChI is InChI=1S/C68H45NS/c1-4-16-46(17-5-1)47-30-32-48(33-31-47)49-34-39-55(40-35-49)69(57-23-14-22-54(44-57)58-27-15-28-63-61-25-12-13-29-65(61)70-68(58)63)56-41-36-50(37-42-56)53-38-43-60-59-24-10-11-26-62(59)66(51-18-6-2-7-19-51)67(64(60)45-53)52-20-8-3-9-21-52/h1-45H. The molecule has 0 aliphatic carbocycles. The van der Waals surface area contributed by atoms with Crippen molar-refractivity contribution in [1.82, 2.24) is 0 Å². The Balaban J connectivity index is 0.925. The minimum atomic E-state index is 1.09. The average molecular weight is 908 g/mol. The molecule has 1 nitrogen and oxygen atoms in total. The van der Waals surface area contributed by atoms with Crippen molar-refractivity contribution in [3.05, 3.63) is 273 Å². The number of benzene rings is 12. The van der Waals surface area contributed by atoms with E-state index >= 15 is 0 Å². The molecule has 0 atom stereocenters. The third-order valence-electron chi connectivity index (χ3n) is 13.9. The van der Waals surface area contributed by atoms with E-state index < -0.39 is 0 Å². The maximum Gasteiger partial charge on any atom is 0.0467 e. The third-order valence-corrected chi connectivity index (χ3v) is 15.1. The zero-order valence-corrected chi connectivity index (χ0v) is 39.2. The maximum atomic E-state index is 2.41. The van der Waals surface area contributed by atoms with Gasteiger partial charge in [-0.15, -0.1) is 11.3 Å². The van der Waals surface area contributed by atoms with Crippen LogP contribution in [0.4, 0.5) is 17.1 Å². The quantitative estimate of drug-likeness (QED) is 0.130. The highest BCUT2D eigenvalue weighted by molar-refractivity contribution is 7.26. The molecule has 1 aromatic heterocycles. The van der Waals surface area contributed by atoms with Gasteiger partial charge in [0.25, 0.3) is 0 Å². The van der Waals surface area contributed by atoms with E-state index in [4.69, 9.17) is 0 Å². The van der Waals surface area contributed by atoms with Crippen LogP contribution < -0.4 is 4.90 Å². The molecule has 0 aliphatic heterocycles. The lowest BCUT2D eigenvalue weighted by atomic mass is 9.84. The molecule has 0 amide bonds. The van der Waals surface area contributed by atoms with Gasteiger partial charge in [-0.1, -0.05) is 224 Å².